The molecule has 0 spiro atoms. The van der Waals surface area contributed by atoms with E-state index in [9.17, 15) is 13.2 Å². The maximum Gasteiger partial charge on any atom is 0.238 e. The van der Waals surface area contributed by atoms with E-state index in [4.69, 9.17) is 5.14 Å². The highest BCUT2D eigenvalue weighted by Gasteiger charge is 2.21. The summed E-state index contributed by atoms with van der Waals surface area (Å²) in [6.45, 7) is 0.119. The Kier molecular flexibility index (Phi) is 6.43. The standard InChI is InChI=1S/C22H23N3O3S/c1-25(16-21(26)24-19-13-8-14-20(15-19)29(23,27)28)22(17-9-4-2-5-10-17)18-11-6-3-7-12-18/h2-15,22H,16H2,1H3,(H,24,26)(H2,23,27,28). The predicted octanol–water partition coefficient (Wildman–Crippen LogP) is 2.99. The average Bonchev–Trinajstić information content (AvgIpc) is 2.69. The van der Waals surface area contributed by atoms with Crippen LogP contribution in [-0.4, -0.2) is 32.8 Å². The van der Waals surface area contributed by atoms with E-state index >= 15 is 0 Å². The van der Waals surface area contributed by atoms with Gasteiger partial charge < -0.3 is 5.32 Å². The summed E-state index contributed by atoms with van der Waals surface area (Å²) >= 11 is 0. The number of likely N-dealkylation sites (N-methyl/N-ethyl adjacent to an activating group) is 1. The molecular formula is C22H23N3O3S. The molecule has 0 aromatic heterocycles. The third-order valence-corrected chi connectivity index (χ3v) is 5.42. The minimum Gasteiger partial charge on any atom is -0.325 e. The third kappa shape index (κ3) is 5.51. The molecule has 6 nitrogen and oxygen atoms in total. The number of anilines is 1. The van der Waals surface area contributed by atoms with Gasteiger partial charge >= 0.3 is 0 Å². The normalized spacial score (nSPS) is 11.6. The molecule has 3 aromatic rings. The van der Waals surface area contributed by atoms with Gasteiger partial charge in [-0.05, 0) is 36.4 Å². The molecule has 0 bridgehead atoms. The fraction of sp³-hybridized carbons (Fsp3) is 0.136. The molecule has 0 saturated carbocycles. The van der Waals surface area contributed by atoms with Crippen molar-refractivity contribution in [2.45, 2.75) is 10.9 Å². The van der Waals surface area contributed by atoms with Gasteiger partial charge in [0.05, 0.1) is 17.5 Å². The number of hydrogen-bond acceptors (Lipinski definition) is 4. The molecule has 0 fully saturated rings. The van der Waals surface area contributed by atoms with Crippen molar-refractivity contribution in [3.05, 3.63) is 96.1 Å². The van der Waals surface area contributed by atoms with Crippen molar-refractivity contribution in [1.29, 1.82) is 0 Å². The number of sulfonamides is 1. The summed E-state index contributed by atoms with van der Waals surface area (Å²) in [5.41, 5.74) is 2.53. The summed E-state index contributed by atoms with van der Waals surface area (Å²) in [7, 11) is -1.95. The number of amides is 1. The Bertz CT molecular complexity index is 1030. The van der Waals surface area contributed by atoms with Crippen molar-refractivity contribution in [3.63, 3.8) is 0 Å². The first-order valence-corrected chi connectivity index (χ1v) is 10.6. The molecule has 0 aliphatic carbocycles. The number of carbonyl (C=O) groups excluding carboxylic acids is 1. The molecule has 0 saturated heterocycles. The van der Waals surface area contributed by atoms with Crippen LogP contribution in [0.5, 0.6) is 0 Å². The van der Waals surface area contributed by atoms with Gasteiger partial charge in [-0.1, -0.05) is 66.7 Å². The van der Waals surface area contributed by atoms with Gasteiger partial charge in [0.25, 0.3) is 0 Å². The predicted molar refractivity (Wildman–Crippen MR) is 114 cm³/mol. The van der Waals surface area contributed by atoms with Crippen LogP contribution in [0.25, 0.3) is 0 Å². The number of benzene rings is 3. The van der Waals surface area contributed by atoms with E-state index in [0.29, 0.717) is 5.69 Å². The number of hydrogen-bond donors (Lipinski definition) is 2. The maximum atomic E-state index is 12.6. The van der Waals surface area contributed by atoms with Crippen LogP contribution in [0.2, 0.25) is 0 Å². The minimum absolute atomic E-state index is 0.0462. The molecule has 0 unspecified atom stereocenters. The summed E-state index contributed by atoms with van der Waals surface area (Å²) in [6.07, 6.45) is 0. The number of carbonyl (C=O) groups is 1. The van der Waals surface area contributed by atoms with Crippen LogP contribution in [0.3, 0.4) is 0 Å². The van der Waals surface area contributed by atoms with Gasteiger partial charge in [0, 0.05) is 5.69 Å². The molecule has 29 heavy (non-hydrogen) atoms. The first kappa shape index (κ1) is 20.7. The van der Waals surface area contributed by atoms with Crippen LogP contribution in [0.15, 0.2) is 89.8 Å². The number of nitrogens with two attached hydrogens (primary N) is 1. The Hall–Kier alpha value is -3.00. The van der Waals surface area contributed by atoms with Gasteiger partial charge in [0.1, 0.15) is 0 Å². The highest BCUT2D eigenvalue weighted by atomic mass is 32.2. The lowest BCUT2D eigenvalue weighted by atomic mass is 9.97. The van der Waals surface area contributed by atoms with Crippen molar-refractivity contribution < 1.29 is 13.2 Å². The van der Waals surface area contributed by atoms with Crippen LogP contribution in [0.4, 0.5) is 5.69 Å². The molecule has 0 aliphatic heterocycles. The quantitative estimate of drug-likeness (QED) is 0.627. The van der Waals surface area contributed by atoms with Crippen molar-refractivity contribution >= 4 is 21.6 Å². The zero-order valence-corrected chi connectivity index (χ0v) is 16.8. The van der Waals surface area contributed by atoms with Gasteiger partial charge in [0.2, 0.25) is 15.9 Å². The minimum atomic E-state index is -3.83. The highest BCUT2D eigenvalue weighted by Crippen LogP contribution is 2.27. The second-order valence-corrected chi connectivity index (χ2v) is 8.32. The molecule has 3 aromatic carbocycles. The first-order valence-electron chi connectivity index (χ1n) is 9.07. The lowest BCUT2D eigenvalue weighted by Gasteiger charge is -2.28. The highest BCUT2D eigenvalue weighted by molar-refractivity contribution is 7.89. The molecular weight excluding hydrogens is 386 g/mol. The zero-order chi connectivity index (χ0) is 20.9. The van der Waals surface area contributed by atoms with Crippen LogP contribution in [0, 0.1) is 0 Å². The molecule has 3 rings (SSSR count). The third-order valence-electron chi connectivity index (χ3n) is 4.51. The van der Waals surface area contributed by atoms with Crippen molar-refractivity contribution in [2.75, 3.05) is 18.9 Å². The van der Waals surface area contributed by atoms with Crippen LogP contribution in [-0.2, 0) is 14.8 Å². The number of rotatable bonds is 7. The molecule has 0 atom stereocenters. The summed E-state index contributed by atoms with van der Waals surface area (Å²) in [5.74, 6) is -0.254. The van der Waals surface area contributed by atoms with Crippen molar-refractivity contribution in [1.82, 2.24) is 4.90 Å². The summed E-state index contributed by atoms with van der Waals surface area (Å²) in [5, 5.41) is 7.90. The largest absolute Gasteiger partial charge is 0.325 e. The van der Waals surface area contributed by atoms with E-state index in [1.165, 1.54) is 18.2 Å². The summed E-state index contributed by atoms with van der Waals surface area (Å²) < 4.78 is 23.0. The number of nitrogens with zero attached hydrogens (tertiary/aromatic N) is 1. The van der Waals surface area contributed by atoms with E-state index in [1.54, 1.807) is 6.07 Å². The fourth-order valence-corrected chi connectivity index (χ4v) is 3.80. The zero-order valence-electron chi connectivity index (χ0n) is 16.0. The molecule has 1 amide bonds. The van der Waals surface area contributed by atoms with E-state index in [1.807, 2.05) is 72.6 Å². The SMILES string of the molecule is CN(CC(=O)Nc1cccc(S(N)(=O)=O)c1)C(c1ccccc1)c1ccccc1. The number of primary sulfonamides is 1. The van der Waals surface area contributed by atoms with Gasteiger partial charge in [-0.25, -0.2) is 13.6 Å². The van der Waals surface area contributed by atoms with Crippen LogP contribution >= 0.6 is 0 Å². The number of nitrogens with one attached hydrogen (secondary N) is 1. The van der Waals surface area contributed by atoms with E-state index < -0.39 is 10.0 Å². The molecule has 0 heterocycles. The Labute approximate surface area is 171 Å². The van der Waals surface area contributed by atoms with Gasteiger partial charge in [-0.15, -0.1) is 0 Å². The molecule has 7 heteroatoms. The molecule has 3 N–H and O–H groups in total. The average molecular weight is 410 g/mol. The van der Waals surface area contributed by atoms with E-state index in [0.717, 1.165) is 11.1 Å². The summed E-state index contributed by atoms with van der Waals surface area (Å²) in [4.78, 5) is 14.5. The lowest BCUT2D eigenvalue weighted by Crippen LogP contribution is -2.34. The first-order chi connectivity index (χ1) is 13.8. The maximum absolute atomic E-state index is 12.6. The van der Waals surface area contributed by atoms with Gasteiger partial charge in [-0.3, -0.25) is 9.69 Å². The van der Waals surface area contributed by atoms with Gasteiger partial charge in [0.15, 0.2) is 0 Å². The van der Waals surface area contributed by atoms with E-state index in [-0.39, 0.29) is 23.4 Å². The lowest BCUT2D eigenvalue weighted by molar-refractivity contribution is -0.117. The second kappa shape index (κ2) is 9.00. The monoisotopic (exact) mass is 409 g/mol. The Morgan fingerprint density at radius 3 is 2.00 bits per heavy atom. The van der Waals surface area contributed by atoms with Crippen molar-refractivity contribution in [3.8, 4) is 0 Å². The second-order valence-electron chi connectivity index (χ2n) is 6.76. The van der Waals surface area contributed by atoms with Gasteiger partial charge in [-0.2, -0.15) is 0 Å². The molecule has 150 valence electrons. The van der Waals surface area contributed by atoms with Crippen LogP contribution in [0.1, 0.15) is 17.2 Å². The molecule has 0 aliphatic rings. The molecule has 0 radical (unpaired) electrons. The smallest absolute Gasteiger partial charge is 0.238 e. The van der Waals surface area contributed by atoms with E-state index in [2.05, 4.69) is 5.32 Å². The Morgan fingerprint density at radius 2 is 1.48 bits per heavy atom. The van der Waals surface area contributed by atoms with Crippen LogP contribution < -0.4 is 10.5 Å². The Balaban J connectivity index is 1.78. The summed E-state index contributed by atoms with van der Waals surface area (Å²) in [6, 6.07) is 25.7. The Morgan fingerprint density at radius 1 is 0.931 bits per heavy atom. The topological polar surface area (TPSA) is 92.5 Å². The fourth-order valence-electron chi connectivity index (χ4n) is 3.24. The van der Waals surface area contributed by atoms with Crippen molar-refractivity contribution in [2.24, 2.45) is 5.14 Å².